The largest absolute Gasteiger partial charge is 0.335 e. The fourth-order valence-corrected chi connectivity index (χ4v) is 2.81. The van der Waals surface area contributed by atoms with E-state index in [2.05, 4.69) is 20.5 Å². The molecule has 1 aliphatic rings. The number of likely N-dealkylation sites (tertiary alicyclic amines) is 1. The number of hydrogen-bond donors (Lipinski definition) is 0. The molecule has 1 aliphatic heterocycles. The van der Waals surface area contributed by atoms with Crippen LogP contribution in [-0.4, -0.2) is 53.9 Å². The van der Waals surface area contributed by atoms with Gasteiger partial charge in [-0.2, -0.15) is 15.0 Å². The van der Waals surface area contributed by atoms with Crippen molar-refractivity contribution >= 4 is 23.6 Å². The second-order valence-corrected chi connectivity index (χ2v) is 6.47. The molecule has 2 aromatic heterocycles. The number of benzene rings is 1. The Morgan fingerprint density at radius 3 is 2.65 bits per heavy atom. The molecule has 3 heterocycles. The van der Waals surface area contributed by atoms with Crippen molar-refractivity contribution in [2.75, 3.05) is 13.1 Å². The first kappa shape index (κ1) is 16.5. The van der Waals surface area contributed by atoms with E-state index in [1.807, 2.05) is 18.3 Å². The number of carbonyl (C=O) groups is 1. The van der Waals surface area contributed by atoms with Crippen molar-refractivity contribution < 1.29 is 4.79 Å². The molecule has 0 spiro atoms. The Kier molecular flexibility index (Phi) is 4.49. The molecule has 1 fully saturated rings. The number of rotatable bonds is 5. The van der Waals surface area contributed by atoms with Crippen LogP contribution >= 0.6 is 11.6 Å². The van der Waals surface area contributed by atoms with Crippen molar-refractivity contribution in [3.05, 3.63) is 65.2 Å². The molecule has 132 valence electrons. The molecule has 26 heavy (non-hydrogen) atoms. The third kappa shape index (κ3) is 3.65. The fraction of sp³-hybridized carbons (Fsp3) is 0.235. The second-order valence-electron chi connectivity index (χ2n) is 6.03. The van der Waals surface area contributed by atoms with Gasteiger partial charge in [-0.1, -0.05) is 28.9 Å². The summed E-state index contributed by atoms with van der Waals surface area (Å²) in [6.45, 7) is 1.71. The fourth-order valence-electron chi connectivity index (χ4n) is 2.68. The molecular weight excluding hydrogens is 354 g/mol. The van der Waals surface area contributed by atoms with Gasteiger partial charge in [0.25, 0.3) is 0 Å². The first-order valence-corrected chi connectivity index (χ1v) is 8.52. The molecule has 4 rings (SSSR count). The van der Waals surface area contributed by atoms with Crippen LogP contribution in [0.25, 0.3) is 6.08 Å². The lowest BCUT2D eigenvalue weighted by molar-refractivity contribution is -0.131. The number of amides is 1. The van der Waals surface area contributed by atoms with Crippen molar-refractivity contribution in [3.63, 3.8) is 0 Å². The molecule has 1 saturated heterocycles. The van der Waals surface area contributed by atoms with Crippen molar-refractivity contribution in [1.82, 2.24) is 34.9 Å². The zero-order valence-electron chi connectivity index (χ0n) is 13.8. The number of halogens is 1. The highest BCUT2D eigenvalue weighted by Crippen LogP contribution is 2.21. The van der Waals surface area contributed by atoms with Crippen LogP contribution < -0.4 is 0 Å². The monoisotopic (exact) mass is 369 g/mol. The van der Waals surface area contributed by atoms with Gasteiger partial charge in [0.1, 0.15) is 12.2 Å². The van der Waals surface area contributed by atoms with Crippen LogP contribution in [0.4, 0.5) is 0 Å². The molecule has 0 bridgehead atoms. The summed E-state index contributed by atoms with van der Waals surface area (Å²) in [4.78, 5) is 15.5. The maximum atomic E-state index is 12.2. The summed E-state index contributed by atoms with van der Waals surface area (Å²) in [5, 5.41) is 17.0. The van der Waals surface area contributed by atoms with Crippen LogP contribution in [0.15, 0.2) is 48.9 Å². The number of carbonyl (C=O) groups excluding carboxylic acids is 1. The van der Waals surface area contributed by atoms with Crippen molar-refractivity contribution in [2.45, 2.75) is 12.6 Å². The summed E-state index contributed by atoms with van der Waals surface area (Å²) in [5.74, 6) is -0.0164. The Labute approximate surface area is 154 Å². The molecule has 0 atom stereocenters. The third-order valence-corrected chi connectivity index (χ3v) is 4.42. The van der Waals surface area contributed by atoms with E-state index in [0.717, 1.165) is 11.3 Å². The zero-order chi connectivity index (χ0) is 17.9. The Morgan fingerprint density at radius 2 is 1.92 bits per heavy atom. The highest BCUT2D eigenvalue weighted by atomic mass is 35.5. The summed E-state index contributed by atoms with van der Waals surface area (Å²) >= 11 is 5.85. The van der Waals surface area contributed by atoms with Gasteiger partial charge < -0.3 is 4.90 Å². The number of nitrogens with zero attached hydrogens (tertiary/aromatic N) is 7. The van der Waals surface area contributed by atoms with Gasteiger partial charge in [-0.05, 0) is 23.8 Å². The van der Waals surface area contributed by atoms with E-state index in [9.17, 15) is 4.79 Å². The molecule has 1 amide bonds. The predicted molar refractivity (Wildman–Crippen MR) is 95.2 cm³/mol. The van der Waals surface area contributed by atoms with Crippen molar-refractivity contribution in [2.24, 2.45) is 0 Å². The van der Waals surface area contributed by atoms with E-state index in [0.29, 0.717) is 24.7 Å². The van der Waals surface area contributed by atoms with E-state index in [-0.39, 0.29) is 11.9 Å². The summed E-state index contributed by atoms with van der Waals surface area (Å²) in [6, 6.07) is 7.49. The van der Waals surface area contributed by atoms with Crippen LogP contribution in [-0.2, 0) is 11.3 Å². The number of hydrogen-bond acceptors (Lipinski definition) is 5. The van der Waals surface area contributed by atoms with Crippen molar-refractivity contribution in [1.29, 1.82) is 0 Å². The minimum atomic E-state index is -0.0164. The first-order chi connectivity index (χ1) is 12.7. The van der Waals surface area contributed by atoms with E-state index in [4.69, 9.17) is 11.6 Å². The second kappa shape index (κ2) is 7.09. The minimum absolute atomic E-state index is 0.0164. The Hall–Kier alpha value is -3.00. The number of aromatic nitrogens is 6. The average molecular weight is 370 g/mol. The summed E-state index contributed by atoms with van der Waals surface area (Å²) in [6.07, 6.45) is 8.49. The smallest absolute Gasteiger partial charge is 0.246 e. The molecular formula is C17H16ClN7O. The van der Waals surface area contributed by atoms with Gasteiger partial charge in [0.2, 0.25) is 5.91 Å². The van der Waals surface area contributed by atoms with Crippen LogP contribution in [0.1, 0.15) is 17.3 Å². The summed E-state index contributed by atoms with van der Waals surface area (Å²) < 4.78 is 1.80. The van der Waals surface area contributed by atoms with Crippen molar-refractivity contribution in [3.8, 4) is 0 Å². The van der Waals surface area contributed by atoms with E-state index in [1.54, 1.807) is 51.1 Å². The molecule has 9 heteroatoms. The lowest BCUT2D eigenvalue weighted by Crippen LogP contribution is -2.50. The van der Waals surface area contributed by atoms with Gasteiger partial charge in [-0.3, -0.25) is 4.79 Å². The average Bonchev–Trinajstić information content (AvgIpc) is 3.26. The lowest BCUT2D eigenvalue weighted by atomic mass is 10.1. The molecule has 0 aliphatic carbocycles. The summed E-state index contributed by atoms with van der Waals surface area (Å²) in [7, 11) is 0. The molecule has 1 aromatic carbocycles. The molecule has 3 aromatic rings. The first-order valence-electron chi connectivity index (χ1n) is 8.15. The normalized spacial score (nSPS) is 14.7. The quantitative estimate of drug-likeness (QED) is 0.639. The summed E-state index contributed by atoms with van der Waals surface area (Å²) in [5.41, 5.74) is 1.72. The van der Waals surface area contributed by atoms with Gasteiger partial charge in [-0.25, -0.2) is 4.68 Å². The highest BCUT2D eigenvalue weighted by molar-refractivity contribution is 6.30. The molecule has 0 saturated carbocycles. The minimum Gasteiger partial charge on any atom is -0.335 e. The zero-order valence-corrected chi connectivity index (χ0v) is 14.6. The van der Waals surface area contributed by atoms with Gasteiger partial charge in [-0.15, -0.1) is 5.10 Å². The Balaban J connectivity index is 1.30. The molecule has 8 nitrogen and oxygen atoms in total. The standard InChI is InChI=1S/C17H16ClN7O/c18-14-4-1-13(2-5-14)3-6-17(26)23-11-16(12-23)24-9-15(21-22-24)10-25-19-7-8-20-25/h1-9,16H,10-12H2/b6-3+. The van der Waals surface area contributed by atoms with Crippen LogP contribution in [0.2, 0.25) is 5.02 Å². The van der Waals surface area contributed by atoms with Crippen LogP contribution in [0, 0.1) is 0 Å². The van der Waals surface area contributed by atoms with Gasteiger partial charge >= 0.3 is 0 Å². The highest BCUT2D eigenvalue weighted by Gasteiger charge is 2.31. The topological polar surface area (TPSA) is 81.7 Å². The van der Waals surface area contributed by atoms with Gasteiger partial charge in [0, 0.05) is 24.2 Å². The van der Waals surface area contributed by atoms with E-state index < -0.39 is 0 Å². The van der Waals surface area contributed by atoms with Gasteiger partial charge in [0.15, 0.2) is 0 Å². The van der Waals surface area contributed by atoms with Crippen LogP contribution in [0.5, 0.6) is 0 Å². The maximum Gasteiger partial charge on any atom is 0.246 e. The van der Waals surface area contributed by atoms with Gasteiger partial charge in [0.05, 0.1) is 24.6 Å². The SMILES string of the molecule is O=C(/C=C/c1ccc(Cl)cc1)N1CC(n2cc(Cn3nccn3)nn2)C1. The molecule has 0 radical (unpaired) electrons. The predicted octanol–water partition coefficient (Wildman–Crippen LogP) is 1.67. The third-order valence-electron chi connectivity index (χ3n) is 4.16. The van der Waals surface area contributed by atoms with E-state index >= 15 is 0 Å². The van der Waals surface area contributed by atoms with E-state index in [1.165, 1.54) is 0 Å². The van der Waals surface area contributed by atoms with Crippen LogP contribution in [0.3, 0.4) is 0 Å². The molecule has 0 unspecified atom stereocenters. The molecule has 0 N–H and O–H groups in total. The Bertz CT molecular complexity index is 911. The lowest BCUT2D eigenvalue weighted by Gasteiger charge is -2.38. The Morgan fingerprint density at radius 1 is 1.19 bits per heavy atom. The maximum absolute atomic E-state index is 12.2.